The highest BCUT2D eigenvalue weighted by Gasteiger charge is 2.07. The lowest BCUT2D eigenvalue weighted by molar-refractivity contribution is -0.168. The van der Waals surface area contributed by atoms with Gasteiger partial charge < -0.3 is 0 Å². The van der Waals surface area contributed by atoms with Crippen LogP contribution in [0.1, 0.15) is 18.7 Å². The predicted molar refractivity (Wildman–Crippen MR) is 49.4 cm³/mol. The molecule has 0 saturated carbocycles. The summed E-state index contributed by atoms with van der Waals surface area (Å²) in [6.45, 7) is 1.88. The smallest absolute Gasteiger partial charge is 0.195 e. The van der Waals surface area contributed by atoms with Crippen molar-refractivity contribution in [3.63, 3.8) is 0 Å². The van der Waals surface area contributed by atoms with Crippen LogP contribution in [0.4, 0.5) is 0 Å². The third kappa shape index (κ3) is 3.73. The first-order chi connectivity index (χ1) is 6.34. The first-order valence-electron chi connectivity index (χ1n) is 3.78. The van der Waals surface area contributed by atoms with Crippen molar-refractivity contribution in [3.8, 4) is 0 Å². The standard InChI is InChI=1S/C8H11NO3S/c1-7(11-13-12-10-2)8-5-3-4-6-9-8/h3-7H,1-2H3. The second-order valence-corrected chi connectivity index (χ2v) is 2.76. The maximum absolute atomic E-state index is 5.18. The van der Waals surface area contributed by atoms with Crippen LogP contribution in [0, 0.1) is 0 Å². The lowest BCUT2D eigenvalue weighted by Crippen LogP contribution is -1.97. The van der Waals surface area contributed by atoms with E-state index in [-0.39, 0.29) is 6.10 Å². The van der Waals surface area contributed by atoms with Crippen LogP contribution in [0.15, 0.2) is 24.4 Å². The predicted octanol–water partition coefficient (Wildman–Crippen LogP) is 2.30. The molecule has 1 aromatic heterocycles. The molecule has 1 heterocycles. The molecule has 0 fully saturated rings. The van der Waals surface area contributed by atoms with Gasteiger partial charge in [0.2, 0.25) is 0 Å². The Labute approximate surface area is 81.6 Å². The molecular formula is C8H11NO3S. The molecule has 0 aliphatic heterocycles. The van der Waals surface area contributed by atoms with Crippen LogP contribution in [0.2, 0.25) is 0 Å². The van der Waals surface area contributed by atoms with E-state index in [0.29, 0.717) is 0 Å². The molecule has 0 spiro atoms. The number of rotatable bonds is 5. The van der Waals surface area contributed by atoms with Crippen molar-refractivity contribution < 1.29 is 13.4 Å². The molecule has 4 nitrogen and oxygen atoms in total. The lowest BCUT2D eigenvalue weighted by atomic mass is 10.2. The van der Waals surface area contributed by atoms with Crippen LogP contribution >= 0.6 is 12.3 Å². The highest BCUT2D eigenvalue weighted by molar-refractivity contribution is 7.89. The molecule has 0 aliphatic carbocycles. The summed E-state index contributed by atoms with van der Waals surface area (Å²) in [5.74, 6) is 0. The Morgan fingerprint density at radius 2 is 2.31 bits per heavy atom. The van der Waals surface area contributed by atoms with E-state index in [1.165, 1.54) is 7.11 Å². The average Bonchev–Trinajstić information content (AvgIpc) is 2.19. The number of hydrogen-bond donors (Lipinski definition) is 0. The minimum Gasteiger partial charge on any atom is -0.280 e. The summed E-state index contributed by atoms with van der Waals surface area (Å²) in [7, 11) is 1.42. The van der Waals surface area contributed by atoms with Crippen molar-refractivity contribution in [2.45, 2.75) is 13.0 Å². The Bertz CT molecular complexity index is 232. The molecule has 0 bridgehead atoms. The maximum Gasteiger partial charge on any atom is 0.195 e. The van der Waals surface area contributed by atoms with E-state index >= 15 is 0 Å². The second-order valence-electron chi connectivity index (χ2n) is 2.30. The van der Waals surface area contributed by atoms with Crippen LogP contribution in [0.25, 0.3) is 0 Å². The Hall–Kier alpha value is -0.620. The van der Waals surface area contributed by atoms with Crippen molar-refractivity contribution in [1.82, 2.24) is 4.98 Å². The molecular weight excluding hydrogens is 190 g/mol. The maximum atomic E-state index is 5.18. The first kappa shape index (κ1) is 10.5. The molecule has 1 aromatic rings. The molecule has 0 radical (unpaired) electrons. The zero-order chi connectivity index (χ0) is 9.52. The van der Waals surface area contributed by atoms with Gasteiger partial charge in [0.05, 0.1) is 12.8 Å². The van der Waals surface area contributed by atoms with Gasteiger partial charge in [0.25, 0.3) is 0 Å². The lowest BCUT2D eigenvalue weighted by Gasteiger charge is -2.08. The van der Waals surface area contributed by atoms with E-state index in [2.05, 4.69) is 14.2 Å². The fourth-order valence-corrected chi connectivity index (χ4v) is 1.07. The van der Waals surface area contributed by atoms with Crippen LogP contribution < -0.4 is 0 Å². The van der Waals surface area contributed by atoms with Gasteiger partial charge in [-0.1, -0.05) is 6.07 Å². The Morgan fingerprint density at radius 1 is 1.46 bits per heavy atom. The van der Waals surface area contributed by atoms with Gasteiger partial charge in [-0.2, -0.15) is 0 Å². The van der Waals surface area contributed by atoms with Gasteiger partial charge >= 0.3 is 0 Å². The highest BCUT2D eigenvalue weighted by Crippen LogP contribution is 2.20. The van der Waals surface area contributed by atoms with Crippen LogP contribution in [0.5, 0.6) is 0 Å². The molecule has 5 heteroatoms. The summed E-state index contributed by atoms with van der Waals surface area (Å²) in [6.07, 6.45) is 1.60. The third-order valence-corrected chi connectivity index (χ3v) is 1.94. The molecule has 1 atom stereocenters. The van der Waals surface area contributed by atoms with Gasteiger partial charge in [0.1, 0.15) is 6.10 Å². The van der Waals surface area contributed by atoms with Gasteiger partial charge in [0.15, 0.2) is 12.3 Å². The number of nitrogens with zero attached hydrogens (tertiary/aromatic N) is 1. The largest absolute Gasteiger partial charge is 0.280 e. The summed E-state index contributed by atoms with van der Waals surface area (Å²) in [4.78, 5) is 8.47. The first-order valence-corrected chi connectivity index (χ1v) is 4.45. The average molecular weight is 201 g/mol. The minimum atomic E-state index is -0.124. The Kier molecular flexibility index (Phi) is 4.77. The zero-order valence-electron chi connectivity index (χ0n) is 7.47. The van der Waals surface area contributed by atoms with E-state index in [0.717, 1.165) is 18.0 Å². The third-order valence-electron chi connectivity index (χ3n) is 1.38. The molecule has 72 valence electrons. The number of aromatic nitrogens is 1. The summed E-state index contributed by atoms with van der Waals surface area (Å²) in [5, 5.41) is 0. The van der Waals surface area contributed by atoms with E-state index in [9.17, 15) is 0 Å². The van der Waals surface area contributed by atoms with Gasteiger partial charge in [-0.15, -0.1) is 4.33 Å². The van der Waals surface area contributed by atoms with Crippen molar-refractivity contribution in [2.75, 3.05) is 7.11 Å². The van der Waals surface area contributed by atoms with Crippen molar-refractivity contribution in [2.24, 2.45) is 0 Å². The van der Waals surface area contributed by atoms with Crippen molar-refractivity contribution in [3.05, 3.63) is 30.1 Å². The van der Waals surface area contributed by atoms with Gasteiger partial charge in [-0.25, -0.2) is 4.89 Å². The summed E-state index contributed by atoms with van der Waals surface area (Å²) >= 11 is 0.794. The van der Waals surface area contributed by atoms with Crippen LogP contribution in [-0.2, 0) is 13.4 Å². The molecule has 1 unspecified atom stereocenters. The van der Waals surface area contributed by atoms with Gasteiger partial charge in [-0.3, -0.25) is 9.17 Å². The van der Waals surface area contributed by atoms with Crippen molar-refractivity contribution in [1.29, 1.82) is 0 Å². The molecule has 0 amide bonds. The summed E-state index contributed by atoms with van der Waals surface area (Å²) in [5.41, 5.74) is 0.856. The van der Waals surface area contributed by atoms with Crippen LogP contribution in [0.3, 0.4) is 0 Å². The summed E-state index contributed by atoms with van der Waals surface area (Å²) < 4.78 is 9.67. The molecule has 0 saturated heterocycles. The molecule has 0 aromatic carbocycles. The van der Waals surface area contributed by atoms with E-state index in [1.54, 1.807) is 6.20 Å². The van der Waals surface area contributed by atoms with E-state index in [4.69, 9.17) is 4.18 Å². The zero-order valence-corrected chi connectivity index (χ0v) is 8.28. The molecule has 13 heavy (non-hydrogen) atoms. The van der Waals surface area contributed by atoms with E-state index < -0.39 is 0 Å². The van der Waals surface area contributed by atoms with Crippen molar-refractivity contribution >= 4 is 12.3 Å². The van der Waals surface area contributed by atoms with Gasteiger partial charge in [0, 0.05) is 6.20 Å². The number of hydrogen-bond acceptors (Lipinski definition) is 5. The normalized spacial score (nSPS) is 12.8. The quantitative estimate of drug-likeness (QED) is 0.316. The SMILES string of the molecule is COOSOC(C)c1ccccn1. The molecule has 0 aliphatic rings. The highest BCUT2D eigenvalue weighted by atomic mass is 32.2. The number of pyridine rings is 1. The van der Waals surface area contributed by atoms with Gasteiger partial charge in [-0.05, 0) is 19.1 Å². The second kappa shape index (κ2) is 5.93. The topological polar surface area (TPSA) is 40.6 Å². The molecule has 1 rings (SSSR count). The van der Waals surface area contributed by atoms with Crippen LogP contribution in [-0.4, -0.2) is 12.1 Å². The summed E-state index contributed by atoms with van der Waals surface area (Å²) in [6, 6.07) is 5.65. The monoisotopic (exact) mass is 201 g/mol. The fourth-order valence-electron chi connectivity index (χ4n) is 0.768. The Morgan fingerprint density at radius 3 is 2.92 bits per heavy atom. The Balaban J connectivity index is 2.35. The van der Waals surface area contributed by atoms with E-state index in [1.807, 2.05) is 25.1 Å². The molecule has 0 N–H and O–H groups in total. The minimum absolute atomic E-state index is 0.124. The fraction of sp³-hybridized carbons (Fsp3) is 0.375.